The second kappa shape index (κ2) is 8.21. The second-order valence-electron chi connectivity index (χ2n) is 4.60. The monoisotopic (exact) mass is 299 g/mol. The predicted molar refractivity (Wildman–Crippen MR) is 73.0 cm³/mol. The Morgan fingerprint density at radius 3 is 2.29 bits per heavy atom. The molecular formula is C14H18FNO5. The van der Waals surface area contributed by atoms with Crippen LogP contribution in [0.5, 0.6) is 5.75 Å². The topological polar surface area (TPSA) is 110 Å². The smallest absolute Gasteiger partial charge is 0.320 e. The number of carboxylic acids is 2. The Balaban J connectivity index is 2.66. The molecule has 0 aliphatic rings. The molecule has 0 aromatic heterocycles. The first kappa shape index (κ1) is 16.9. The van der Waals surface area contributed by atoms with Crippen LogP contribution in [0.2, 0.25) is 0 Å². The van der Waals surface area contributed by atoms with E-state index in [0.29, 0.717) is 11.3 Å². The Labute approximate surface area is 121 Å². The fourth-order valence-corrected chi connectivity index (χ4v) is 1.84. The molecule has 0 radical (unpaired) electrons. The summed E-state index contributed by atoms with van der Waals surface area (Å²) in [5.41, 5.74) is 6.08. The number of hydrogen-bond acceptors (Lipinski definition) is 4. The average molecular weight is 299 g/mol. The third kappa shape index (κ3) is 5.78. The summed E-state index contributed by atoms with van der Waals surface area (Å²) < 4.78 is 17.0. The summed E-state index contributed by atoms with van der Waals surface area (Å²) >= 11 is 0. The van der Waals surface area contributed by atoms with E-state index in [1.54, 1.807) is 24.3 Å². The Kier molecular flexibility index (Phi) is 6.61. The van der Waals surface area contributed by atoms with E-state index in [0.717, 1.165) is 0 Å². The number of hydrogen-bond donors (Lipinski definition) is 3. The fourth-order valence-electron chi connectivity index (χ4n) is 1.84. The minimum absolute atomic E-state index is 0.0371. The molecule has 6 nitrogen and oxygen atoms in total. The highest BCUT2D eigenvalue weighted by atomic mass is 19.1. The molecule has 0 bridgehead atoms. The van der Waals surface area contributed by atoms with Crippen LogP contribution in [0.15, 0.2) is 24.3 Å². The first-order chi connectivity index (χ1) is 9.93. The molecule has 21 heavy (non-hydrogen) atoms. The highest BCUT2D eigenvalue weighted by Crippen LogP contribution is 2.18. The average Bonchev–Trinajstić information content (AvgIpc) is 2.45. The lowest BCUT2D eigenvalue weighted by Gasteiger charge is -2.15. The number of carboxylic acid groups (broad SMARTS) is 2. The van der Waals surface area contributed by atoms with Gasteiger partial charge < -0.3 is 20.7 Å². The zero-order chi connectivity index (χ0) is 15.8. The quantitative estimate of drug-likeness (QED) is 0.629. The predicted octanol–water partition coefficient (Wildman–Crippen LogP) is 1.08. The molecule has 0 saturated heterocycles. The molecule has 0 spiro atoms. The van der Waals surface area contributed by atoms with Crippen molar-refractivity contribution in [1.82, 2.24) is 0 Å². The van der Waals surface area contributed by atoms with Crippen LogP contribution in [-0.4, -0.2) is 41.5 Å². The number of halogens is 1. The molecule has 0 heterocycles. The van der Waals surface area contributed by atoms with Crippen LogP contribution in [-0.2, 0) is 16.0 Å². The van der Waals surface area contributed by atoms with Gasteiger partial charge in [0, 0.05) is 0 Å². The van der Waals surface area contributed by atoms with E-state index in [-0.39, 0.29) is 19.4 Å². The van der Waals surface area contributed by atoms with Crippen molar-refractivity contribution in [3.63, 3.8) is 0 Å². The van der Waals surface area contributed by atoms with Gasteiger partial charge in [-0.15, -0.1) is 0 Å². The van der Waals surface area contributed by atoms with Gasteiger partial charge in [-0.2, -0.15) is 0 Å². The highest BCUT2D eigenvalue weighted by Gasteiger charge is 2.24. The molecule has 4 N–H and O–H groups in total. The summed E-state index contributed by atoms with van der Waals surface area (Å²) in [6.07, 6.45) is 0.0183. The van der Waals surface area contributed by atoms with Gasteiger partial charge in [-0.05, 0) is 30.5 Å². The number of ether oxygens (including phenoxy) is 1. The van der Waals surface area contributed by atoms with Crippen molar-refractivity contribution < 1.29 is 28.9 Å². The summed E-state index contributed by atoms with van der Waals surface area (Å²) in [7, 11) is 0. The Hall–Kier alpha value is -2.15. The standard InChI is InChI=1S/C14H18FNO5/c15-5-6-21-11-3-1-9(2-4-11)7-10(13(17)18)8-12(16)14(19)20/h1-4,10,12H,5-8,16H2,(H,17,18)(H,19,20). The van der Waals surface area contributed by atoms with E-state index in [4.69, 9.17) is 20.7 Å². The van der Waals surface area contributed by atoms with Crippen molar-refractivity contribution in [2.75, 3.05) is 13.3 Å². The first-order valence-electron chi connectivity index (χ1n) is 6.43. The maximum absolute atomic E-state index is 12.0. The van der Waals surface area contributed by atoms with Crippen molar-refractivity contribution in [3.05, 3.63) is 29.8 Å². The van der Waals surface area contributed by atoms with Gasteiger partial charge in [0.2, 0.25) is 0 Å². The molecular weight excluding hydrogens is 281 g/mol. The summed E-state index contributed by atoms with van der Waals surface area (Å²) in [5, 5.41) is 17.9. The lowest BCUT2D eigenvalue weighted by molar-refractivity contribution is -0.143. The fraction of sp³-hybridized carbons (Fsp3) is 0.429. The van der Waals surface area contributed by atoms with Crippen molar-refractivity contribution in [2.45, 2.75) is 18.9 Å². The number of benzene rings is 1. The van der Waals surface area contributed by atoms with Gasteiger partial charge in [0.05, 0.1) is 5.92 Å². The molecule has 0 aliphatic carbocycles. The molecule has 2 unspecified atom stereocenters. The zero-order valence-electron chi connectivity index (χ0n) is 11.4. The van der Waals surface area contributed by atoms with Crippen LogP contribution >= 0.6 is 0 Å². The van der Waals surface area contributed by atoms with Gasteiger partial charge in [-0.3, -0.25) is 9.59 Å². The van der Waals surface area contributed by atoms with E-state index in [2.05, 4.69) is 0 Å². The van der Waals surface area contributed by atoms with Crippen LogP contribution < -0.4 is 10.5 Å². The Morgan fingerprint density at radius 2 is 1.81 bits per heavy atom. The molecule has 1 rings (SSSR count). The molecule has 0 saturated carbocycles. The van der Waals surface area contributed by atoms with Gasteiger partial charge in [0.1, 0.15) is 25.1 Å². The number of nitrogens with two attached hydrogens (primary N) is 1. The number of aliphatic carboxylic acids is 2. The molecule has 116 valence electrons. The molecule has 7 heteroatoms. The van der Waals surface area contributed by atoms with E-state index in [9.17, 15) is 14.0 Å². The molecule has 1 aromatic carbocycles. The van der Waals surface area contributed by atoms with Gasteiger partial charge in [-0.25, -0.2) is 4.39 Å². The second-order valence-corrected chi connectivity index (χ2v) is 4.60. The van der Waals surface area contributed by atoms with Crippen molar-refractivity contribution in [3.8, 4) is 5.75 Å². The zero-order valence-corrected chi connectivity index (χ0v) is 11.4. The maximum Gasteiger partial charge on any atom is 0.320 e. The van der Waals surface area contributed by atoms with Crippen molar-refractivity contribution >= 4 is 11.9 Å². The number of alkyl halides is 1. The number of carbonyl (C=O) groups is 2. The van der Waals surface area contributed by atoms with E-state index < -0.39 is 30.6 Å². The maximum atomic E-state index is 12.0. The summed E-state index contributed by atoms with van der Waals surface area (Å²) in [6.45, 7) is -0.625. The lowest BCUT2D eigenvalue weighted by atomic mass is 9.93. The van der Waals surface area contributed by atoms with E-state index in [1.165, 1.54) is 0 Å². The highest BCUT2D eigenvalue weighted by molar-refractivity contribution is 5.76. The van der Waals surface area contributed by atoms with E-state index >= 15 is 0 Å². The lowest BCUT2D eigenvalue weighted by Crippen LogP contribution is -2.35. The van der Waals surface area contributed by atoms with E-state index in [1.807, 2.05) is 0 Å². The molecule has 1 aromatic rings. The summed E-state index contributed by atoms with van der Waals surface area (Å²) in [5.74, 6) is -2.71. The normalized spacial score (nSPS) is 13.4. The van der Waals surface area contributed by atoms with Crippen LogP contribution in [0.4, 0.5) is 4.39 Å². The summed E-state index contributed by atoms with van der Waals surface area (Å²) in [6, 6.07) is 5.34. The Bertz CT molecular complexity index is 477. The van der Waals surface area contributed by atoms with Crippen LogP contribution in [0.3, 0.4) is 0 Å². The minimum Gasteiger partial charge on any atom is -0.491 e. The molecule has 0 fully saturated rings. The summed E-state index contributed by atoms with van der Waals surface area (Å²) in [4.78, 5) is 21.8. The van der Waals surface area contributed by atoms with Crippen molar-refractivity contribution in [2.24, 2.45) is 11.7 Å². The minimum atomic E-state index is -1.23. The first-order valence-corrected chi connectivity index (χ1v) is 6.43. The van der Waals surface area contributed by atoms with Gasteiger partial charge in [-0.1, -0.05) is 12.1 Å². The largest absolute Gasteiger partial charge is 0.491 e. The molecule has 0 amide bonds. The van der Waals surface area contributed by atoms with Gasteiger partial charge in [0.15, 0.2) is 0 Å². The molecule has 0 aliphatic heterocycles. The Morgan fingerprint density at radius 1 is 1.19 bits per heavy atom. The van der Waals surface area contributed by atoms with Gasteiger partial charge in [0.25, 0.3) is 0 Å². The number of rotatable bonds is 9. The third-order valence-electron chi connectivity index (χ3n) is 2.96. The van der Waals surface area contributed by atoms with Crippen molar-refractivity contribution in [1.29, 1.82) is 0 Å². The van der Waals surface area contributed by atoms with Crippen LogP contribution in [0, 0.1) is 5.92 Å². The van der Waals surface area contributed by atoms with Crippen LogP contribution in [0.25, 0.3) is 0 Å². The van der Waals surface area contributed by atoms with Gasteiger partial charge >= 0.3 is 11.9 Å². The molecule has 2 atom stereocenters. The third-order valence-corrected chi connectivity index (χ3v) is 2.96. The van der Waals surface area contributed by atoms with Crippen LogP contribution in [0.1, 0.15) is 12.0 Å². The SMILES string of the molecule is NC(CC(Cc1ccc(OCCF)cc1)C(=O)O)C(=O)O.